The van der Waals surface area contributed by atoms with Crippen LogP contribution in [0.2, 0.25) is 0 Å². The number of carbonyl (C=O) groups is 1. The molecule has 19 heavy (non-hydrogen) atoms. The Morgan fingerprint density at radius 1 is 1.63 bits per heavy atom. The Kier molecular flexibility index (Phi) is 4.66. The molecule has 104 valence electrons. The largest absolute Gasteiger partial charge is 0.397 e. The molecule has 1 amide bonds. The van der Waals surface area contributed by atoms with Crippen molar-refractivity contribution in [1.29, 1.82) is 0 Å². The highest BCUT2D eigenvalue weighted by atomic mass is 32.2. The molecule has 3 N–H and O–H groups in total. The average molecular weight is 283 g/mol. The predicted octanol–water partition coefficient (Wildman–Crippen LogP) is 1.78. The molecule has 1 heterocycles. The quantitative estimate of drug-likeness (QED) is 0.830. The second-order valence-corrected chi connectivity index (χ2v) is 6.24. The van der Waals surface area contributed by atoms with Crippen LogP contribution in [-0.2, 0) is 4.79 Å². The standard InChI is InChI=1S/C13H18FN3OS/c1-9-7-17(4-5-19-9)8-13(18)16-12-6-10(14)2-3-11(12)15/h2-3,6,9H,4-5,7-8,15H2,1H3,(H,16,18). The molecule has 0 spiro atoms. The highest BCUT2D eigenvalue weighted by molar-refractivity contribution is 7.99. The summed E-state index contributed by atoms with van der Waals surface area (Å²) in [5, 5.41) is 3.20. The van der Waals surface area contributed by atoms with Crippen molar-refractivity contribution in [2.75, 3.05) is 36.4 Å². The van der Waals surface area contributed by atoms with Gasteiger partial charge < -0.3 is 11.1 Å². The topological polar surface area (TPSA) is 58.4 Å². The van der Waals surface area contributed by atoms with Crippen LogP contribution in [0.3, 0.4) is 0 Å². The minimum absolute atomic E-state index is 0.156. The zero-order valence-corrected chi connectivity index (χ0v) is 11.7. The third-order valence-electron chi connectivity index (χ3n) is 2.98. The number of hydrogen-bond donors (Lipinski definition) is 2. The second-order valence-electron chi connectivity index (χ2n) is 4.70. The van der Waals surface area contributed by atoms with E-state index in [0.29, 0.717) is 23.2 Å². The third-order valence-corrected chi connectivity index (χ3v) is 4.12. The van der Waals surface area contributed by atoms with Crippen LogP contribution in [0, 0.1) is 5.82 Å². The highest BCUT2D eigenvalue weighted by Crippen LogP contribution is 2.20. The number of thioether (sulfide) groups is 1. The van der Waals surface area contributed by atoms with Gasteiger partial charge in [-0.05, 0) is 18.2 Å². The molecule has 2 rings (SSSR count). The molecule has 1 saturated heterocycles. The molecule has 1 aromatic carbocycles. The lowest BCUT2D eigenvalue weighted by atomic mass is 10.2. The van der Waals surface area contributed by atoms with Crippen molar-refractivity contribution in [3.63, 3.8) is 0 Å². The van der Waals surface area contributed by atoms with Crippen LogP contribution in [-0.4, -0.2) is 41.4 Å². The van der Waals surface area contributed by atoms with Crippen molar-refractivity contribution in [2.45, 2.75) is 12.2 Å². The summed E-state index contributed by atoms with van der Waals surface area (Å²) >= 11 is 1.91. The van der Waals surface area contributed by atoms with E-state index in [1.807, 2.05) is 11.8 Å². The molecule has 6 heteroatoms. The van der Waals surface area contributed by atoms with E-state index >= 15 is 0 Å². The fraction of sp³-hybridized carbons (Fsp3) is 0.462. The van der Waals surface area contributed by atoms with Crippen LogP contribution in [0.1, 0.15) is 6.92 Å². The number of nitrogen functional groups attached to an aromatic ring is 1. The maximum Gasteiger partial charge on any atom is 0.238 e. The zero-order valence-electron chi connectivity index (χ0n) is 10.9. The van der Waals surface area contributed by atoms with Gasteiger partial charge in [0.1, 0.15) is 5.82 Å². The summed E-state index contributed by atoms with van der Waals surface area (Å²) in [4.78, 5) is 14.0. The molecule has 0 aliphatic carbocycles. The van der Waals surface area contributed by atoms with Gasteiger partial charge in [0.25, 0.3) is 0 Å². The Morgan fingerprint density at radius 3 is 3.16 bits per heavy atom. The van der Waals surface area contributed by atoms with Gasteiger partial charge in [0, 0.05) is 24.1 Å². The fourth-order valence-electron chi connectivity index (χ4n) is 2.06. The number of halogens is 1. The van der Waals surface area contributed by atoms with Gasteiger partial charge in [-0.2, -0.15) is 11.8 Å². The lowest BCUT2D eigenvalue weighted by molar-refractivity contribution is -0.117. The number of anilines is 2. The van der Waals surface area contributed by atoms with Crippen molar-refractivity contribution in [3.05, 3.63) is 24.0 Å². The van der Waals surface area contributed by atoms with Crippen LogP contribution in [0.15, 0.2) is 18.2 Å². The number of amides is 1. The van der Waals surface area contributed by atoms with E-state index in [0.717, 1.165) is 18.8 Å². The number of benzene rings is 1. The molecule has 0 aromatic heterocycles. The Balaban J connectivity index is 1.92. The summed E-state index contributed by atoms with van der Waals surface area (Å²) in [5.74, 6) is 0.472. The highest BCUT2D eigenvalue weighted by Gasteiger charge is 2.19. The van der Waals surface area contributed by atoms with Crippen LogP contribution in [0.4, 0.5) is 15.8 Å². The second kappa shape index (κ2) is 6.25. The van der Waals surface area contributed by atoms with Crippen molar-refractivity contribution < 1.29 is 9.18 Å². The first-order chi connectivity index (χ1) is 9.04. The molecule has 1 aliphatic heterocycles. The van der Waals surface area contributed by atoms with Gasteiger partial charge in [-0.1, -0.05) is 6.92 Å². The van der Waals surface area contributed by atoms with Gasteiger partial charge in [-0.3, -0.25) is 9.69 Å². The van der Waals surface area contributed by atoms with E-state index in [1.54, 1.807) is 0 Å². The first-order valence-electron chi connectivity index (χ1n) is 6.23. The molecule has 1 aromatic rings. The van der Waals surface area contributed by atoms with E-state index < -0.39 is 5.82 Å². The number of nitrogens with one attached hydrogen (secondary N) is 1. The SMILES string of the molecule is CC1CN(CC(=O)Nc2cc(F)ccc2N)CCS1. The molecular weight excluding hydrogens is 265 g/mol. The monoisotopic (exact) mass is 283 g/mol. The van der Waals surface area contributed by atoms with Crippen molar-refractivity contribution in [1.82, 2.24) is 4.90 Å². The Labute approximate surface area is 116 Å². The summed E-state index contributed by atoms with van der Waals surface area (Å²) in [6, 6.07) is 3.96. The van der Waals surface area contributed by atoms with E-state index in [9.17, 15) is 9.18 Å². The van der Waals surface area contributed by atoms with Gasteiger partial charge in [0.2, 0.25) is 5.91 Å². The minimum Gasteiger partial charge on any atom is -0.397 e. The first-order valence-corrected chi connectivity index (χ1v) is 7.28. The van der Waals surface area contributed by atoms with Gasteiger partial charge in [0.05, 0.1) is 17.9 Å². The summed E-state index contributed by atoms with van der Waals surface area (Å²) in [5.41, 5.74) is 6.40. The van der Waals surface area contributed by atoms with Gasteiger partial charge >= 0.3 is 0 Å². The maximum absolute atomic E-state index is 13.1. The molecule has 0 radical (unpaired) electrons. The smallest absolute Gasteiger partial charge is 0.238 e. The Hall–Kier alpha value is -1.27. The van der Waals surface area contributed by atoms with Gasteiger partial charge in [0.15, 0.2) is 0 Å². The molecular formula is C13H18FN3OS. The normalized spacial score (nSPS) is 20.2. The van der Waals surface area contributed by atoms with Crippen LogP contribution in [0.5, 0.6) is 0 Å². The van der Waals surface area contributed by atoms with Crippen LogP contribution >= 0.6 is 11.8 Å². The number of carbonyl (C=O) groups excluding carboxylic acids is 1. The zero-order chi connectivity index (χ0) is 13.8. The summed E-state index contributed by atoms with van der Waals surface area (Å²) in [6.45, 7) is 4.28. The van der Waals surface area contributed by atoms with E-state index in [4.69, 9.17) is 5.73 Å². The molecule has 0 bridgehead atoms. The molecule has 1 atom stereocenters. The van der Waals surface area contributed by atoms with Crippen molar-refractivity contribution in [2.24, 2.45) is 0 Å². The van der Waals surface area contributed by atoms with E-state index in [2.05, 4.69) is 17.1 Å². The van der Waals surface area contributed by atoms with Gasteiger partial charge in [-0.15, -0.1) is 0 Å². The third kappa shape index (κ3) is 4.11. The van der Waals surface area contributed by atoms with E-state index in [-0.39, 0.29) is 5.91 Å². The minimum atomic E-state index is -0.410. The summed E-state index contributed by atoms with van der Waals surface area (Å²) in [7, 11) is 0. The molecule has 1 aliphatic rings. The molecule has 1 fully saturated rings. The Bertz CT molecular complexity index is 469. The maximum atomic E-state index is 13.1. The fourth-order valence-corrected chi connectivity index (χ4v) is 3.15. The predicted molar refractivity (Wildman–Crippen MR) is 77.8 cm³/mol. The Morgan fingerprint density at radius 2 is 2.42 bits per heavy atom. The number of rotatable bonds is 3. The molecule has 4 nitrogen and oxygen atoms in total. The van der Waals surface area contributed by atoms with Gasteiger partial charge in [-0.25, -0.2) is 4.39 Å². The van der Waals surface area contributed by atoms with Crippen molar-refractivity contribution in [3.8, 4) is 0 Å². The number of nitrogens with two attached hydrogens (primary N) is 1. The van der Waals surface area contributed by atoms with Crippen LogP contribution in [0.25, 0.3) is 0 Å². The van der Waals surface area contributed by atoms with Crippen molar-refractivity contribution >= 4 is 29.0 Å². The number of nitrogens with zero attached hydrogens (tertiary/aromatic N) is 1. The summed E-state index contributed by atoms with van der Waals surface area (Å²) in [6.07, 6.45) is 0. The lowest BCUT2D eigenvalue weighted by Crippen LogP contribution is -2.41. The first kappa shape index (κ1) is 14.1. The van der Waals surface area contributed by atoms with Crippen LogP contribution < -0.4 is 11.1 Å². The number of hydrogen-bond acceptors (Lipinski definition) is 4. The molecule has 1 unspecified atom stereocenters. The summed E-state index contributed by atoms with van der Waals surface area (Å²) < 4.78 is 13.1. The lowest BCUT2D eigenvalue weighted by Gasteiger charge is -2.29. The average Bonchev–Trinajstić information content (AvgIpc) is 2.34. The van der Waals surface area contributed by atoms with E-state index in [1.165, 1.54) is 18.2 Å². The molecule has 0 saturated carbocycles.